The van der Waals surface area contributed by atoms with E-state index in [9.17, 15) is 5.48 Å². The second-order valence-corrected chi connectivity index (χ2v) is 19.8. The normalized spacial score (nSPS) is 15.1. The third-order valence-corrected chi connectivity index (χ3v) is 16.5. The number of rotatable bonds is 5. The predicted molar refractivity (Wildman–Crippen MR) is 292 cm³/mol. The molecule has 0 spiro atoms. The van der Waals surface area contributed by atoms with E-state index in [1.54, 1.807) is 11.3 Å². The molecule has 0 N–H and O–H groups in total. The Labute approximate surface area is 413 Å². The molecule has 6 heterocycles. The molecule has 13 aromatic rings. The van der Waals surface area contributed by atoms with Crippen molar-refractivity contribution in [1.29, 1.82) is 0 Å². The molecule has 312 valence electrons. The van der Waals surface area contributed by atoms with E-state index in [1.165, 1.54) is 22.7 Å². The molecule has 2 aliphatic heterocycles. The standard InChI is InChI=1S/C60H36BN3S3/c1-3-14-37(15-4-1)56-42-32-34-65-53(42)30-28-48(56)63-50-23-13-24-51-58(50)61(45-27-26-39(36-52(45)63)62-46-21-10-7-18-40(46)41-19-8-11-22-47(41)62)60-59(44-20-9-12-25-55(44)67-60)64(51)49-29-31-54-43(33-35-66-54)57(49)38-16-5-2-6-17-38/h1-36H/i1D,2D,3D,4D,5D,6D,14D,15D,16D,17D. The molecule has 0 aliphatic carbocycles. The summed E-state index contributed by atoms with van der Waals surface area (Å²) in [5.41, 5.74) is 10.8. The molecule has 4 aromatic heterocycles. The molecule has 67 heavy (non-hydrogen) atoms. The Hall–Kier alpha value is -7.68. The third-order valence-electron chi connectivity index (χ3n) is 13.5. The zero-order valence-corrected chi connectivity index (χ0v) is 37.6. The fourth-order valence-corrected chi connectivity index (χ4v) is 13.8. The molecule has 0 saturated carbocycles. The van der Waals surface area contributed by atoms with Crippen molar-refractivity contribution in [3.05, 3.63) is 217 Å². The Morgan fingerprint density at radius 3 is 1.64 bits per heavy atom. The van der Waals surface area contributed by atoms with Crippen LogP contribution in [0.1, 0.15) is 13.7 Å². The molecule has 3 nitrogen and oxygen atoms in total. The van der Waals surface area contributed by atoms with Crippen molar-refractivity contribution >= 4 is 143 Å². The summed E-state index contributed by atoms with van der Waals surface area (Å²) in [6.07, 6.45) is 0. The molecule has 2 aliphatic rings. The number of hydrogen-bond acceptors (Lipinski definition) is 5. The molecule has 7 heteroatoms. The summed E-state index contributed by atoms with van der Waals surface area (Å²) in [4.78, 5) is 4.44. The molecule has 0 radical (unpaired) electrons. The summed E-state index contributed by atoms with van der Waals surface area (Å²) < 4.78 is 96.9. The Bertz CT molecular complexity index is 4660. The minimum Gasteiger partial charge on any atom is -0.311 e. The van der Waals surface area contributed by atoms with E-state index in [0.29, 0.717) is 22.5 Å². The van der Waals surface area contributed by atoms with Gasteiger partial charge in [0.2, 0.25) is 0 Å². The van der Waals surface area contributed by atoms with E-state index in [-0.39, 0.29) is 42.0 Å². The van der Waals surface area contributed by atoms with Gasteiger partial charge >= 0.3 is 0 Å². The highest BCUT2D eigenvalue weighted by Gasteiger charge is 2.46. The Balaban J connectivity index is 1.09. The van der Waals surface area contributed by atoms with Crippen LogP contribution in [0.4, 0.5) is 34.1 Å². The fourth-order valence-electron chi connectivity index (χ4n) is 10.9. The monoisotopic (exact) mass is 915 g/mol. The van der Waals surface area contributed by atoms with Crippen LogP contribution in [0.25, 0.3) is 80.0 Å². The van der Waals surface area contributed by atoms with Crippen LogP contribution in [0.5, 0.6) is 0 Å². The van der Waals surface area contributed by atoms with Crippen LogP contribution < -0.4 is 25.5 Å². The summed E-state index contributed by atoms with van der Waals surface area (Å²) >= 11 is 4.75. The first kappa shape index (κ1) is 29.1. The van der Waals surface area contributed by atoms with E-state index in [4.69, 9.17) is 8.22 Å². The van der Waals surface area contributed by atoms with Gasteiger partial charge in [-0.15, -0.1) is 34.0 Å². The molecule has 0 atom stereocenters. The van der Waals surface area contributed by atoms with E-state index < -0.39 is 36.3 Å². The van der Waals surface area contributed by atoms with Crippen LogP contribution in [0.15, 0.2) is 217 Å². The number of hydrogen-bond donors (Lipinski definition) is 0. The van der Waals surface area contributed by atoms with Gasteiger partial charge in [-0.3, -0.25) is 0 Å². The molecule has 0 unspecified atom stereocenters. The highest BCUT2D eigenvalue weighted by molar-refractivity contribution is 7.33. The number of aromatic nitrogens is 1. The zero-order chi connectivity index (χ0) is 52.4. The van der Waals surface area contributed by atoms with E-state index in [0.717, 1.165) is 96.2 Å². The van der Waals surface area contributed by atoms with Crippen LogP contribution in [0.3, 0.4) is 0 Å². The Morgan fingerprint density at radius 1 is 0.433 bits per heavy atom. The number of nitrogens with zero attached hydrogens (tertiary/aromatic N) is 3. The maximum atomic E-state index is 9.49. The lowest BCUT2D eigenvalue weighted by molar-refractivity contribution is 1.17. The fraction of sp³-hybridized carbons (Fsp3) is 0. The van der Waals surface area contributed by atoms with Crippen LogP contribution >= 0.6 is 34.0 Å². The molecule has 15 rings (SSSR count). The first-order chi connectivity index (χ1) is 37.4. The van der Waals surface area contributed by atoms with Gasteiger partial charge in [0.1, 0.15) is 0 Å². The van der Waals surface area contributed by atoms with Crippen LogP contribution in [0.2, 0.25) is 0 Å². The van der Waals surface area contributed by atoms with Gasteiger partial charge in [-0.25, -0.2) is 0 Å². The maximum Gasteiger partial charge on any atom is 0.264 e. The number of anilines is 6. The first-order valence-electron chi connectivity index (χ1n) is 26.9. The van der Waals surface area contributed by atoms with Crippen LogP contribution in [-0.4, -0.2) is 11.3 Å². The second kappa shape index (κ2) is 14.4. The average molecular weight is 916 g/mol. The lowest BCUT2D eigenvalue weighted by Crippen LogP contribution is -2.60. The van der Waals surface area contributed by atoms with Gasteiger partial charge in [-0.2, -0.15) is 0 Å². The maximum absolute atomic E-state index is 9.49. The summed E-state index contributed by atoms with van der Waals surface area (Å²) in [7, 11) is 0. The van der Waals surface area contributed by atoms with Gasteiger partial charge in [0, 0.05) is 79.7 Å². The summed E-state index contributed by atoms with van der Waals surface area (Å²) in [5.74, 6) is 0. The SMILES string of the molecule is [2H]c1c([2H])c([2H])c(-c2c(N3c4cc(-n5c6ccccc6c6ccccc65)ccc4B4c5sc6ccccc6c5N(c5ccc6sccc6c5-c5c([2H])c([2H])c([2H])c([2H])c5[2H])c5cccc3c54)ccc3sccc23)c([2H])c1[2H]. The molecule has 0 amide bonds. The van der Waals surface area contributed by atoms with Crippen LogP contribution in [-0.2, 0) is 0 Å². The molecular formula is C60H36BN3S3. The number of benzene rings is 9. The Morgan fingerprint density at radius 2 is 1.00 bits per heavy atom. The smallest absolute Gasteiger partial charge is 0.264 e. The topological polar surface area (TPSA) is 11.4 Å². The quantitative estimate of drug-likeness (QED) is 0.159. The molecule has 0 saturated heterocycles. The summed E-state index contributed by atoms with van der Waals surface area (Å²) in [5, 5.41) is 8.67. The number of fused-ring (bicyclic) bond motifs is 11. The first-order valence-corrected chi connectivity index (χ1v) is 24.5. The van der Waals surface area contributed by atoms with Crippen molar-refractivity contribution < 1.29 is 13.7 Å². The average Bonchev–Trinajstić information content (AvgIpc) is 4.50. The zero-order valence-electron chi connectivity index (χ0n) is 45.2. The van der Waals surface area contributed by atoms with Gasteiger partial charge in [0.05, 0.1) is 41.8 Å². The molecule has 0 fully saturated rings. The largest absolute Gasteiger partial charge is 0.311 e. The Kier molecular flexibility index (Phi) is 6.25. The lowest BCUT2D eigenvalue weighted by atomic mass is 9.36. The minimum absolute atomic E-state index is 0.0998. The van der Waals surface area contributed by atoms with Gasteiger partial charge in [0.25, 0.3) is 6.71 Å². The van der Waals surface area contributed by atoms with Crippen molar-refractivity contribution in [3.63, 3.8) is 0 Å². The van der Waals surface area contributed by atoms with Crippen molar-refractivity contribution in [1.82, 2.24) is 4.57 Å². The summed E-state index contributed by atoms with van der Waals surface area (Å²) in [6, 6.07) is 46.2. The lowest BCUT2D eigenvalue weighted by Gasteiger charge is -2.44. The van der Waals surface area contributed by atoms with Crippen molar-refractivity contribution in [2.45, 2.75) is 0 Å². The molecule has 0 bridgehead atoms. The van der Waals surface area contributed by atoms with Crippen molar-refractivity contribution in [2.75, 3.05) is 9.80 Å². The van der Waals surface area contributed by atoms with Crippen molar-refractivity contribution in [2.24, 2.45) is 0 Å². The number of thiophene rings is 3. The summed E-state index contributed by atoms with van der Waals surface area (Å²) in [6.45, 7) is -0.355. The van der Waals surface area contributed by atoms with E-state index in [2.05, 4.69) is 105 Å². The van der Waals surface area contributed by atoms with Gasteiger partial charge in [-0.1, -0.05) is 127 Å². The molecular weight excluding hydrogens is 870 g/mol. The van der Waals surface area contributed by atoms with Gasteiger partial charge in [-0.05, 0) is 112 Å². The predicted octanol–water partition coefficient (Wildman–Crippen LogP) is 15.8. The third kappa shape index (κ3) is 5.33. The minimum atomic E-state index is -0.468. The highest BCUT2D eigenvalue weighted by atomic mass is 32.1. The van der Waals surface area contributed by atoms with Crippen molar-refractivity contribution in [3.8, 4) is 27.9 Å². The molecule has 9 aromatic carbocycles. The highest BCUT2D eigenvalue weighted by Crippen LogP contribution is 2.53. The van der Waals surface area contributed by atoms with Crippen LogP contribution in [0, 0.1) is 0 Å². The van der Waals surface area contributed by atoms with Gasteiger partial charge in [0.15, 0.2) is 0 Å². The second-order valence-electron chi connectivity index (χ2n) is 16.8. The van der Waals surface area contributed by atoms with E-state index >= 15 is 0 Å². The van der Waals surface area contributed by atoms with Gasteiger partial charge < -0.3 is 14.4 Å². The van der Waals surface area contributed by atoms with E-state index in [1.807, 2.05) is 65.4 Å². The number of para-hydroxylation sites is 2.